The van der Waals surface area contributed by atoms with Gasteiger partial charge in [-0.15, -0.1) is 0 Å². The van der Waals surface area contributed by atoms with Crippen LogP contribution in [0.25, 0.3) is 0 Å². The highest BCUT2D eigenvalue weighted by Gasteiger charge is 2.24. The van der Waals surface area contributed by atoms with Gasteiger partial charge in [0.15, 0.2) is 0 Å². The lowest BCUT2D eigenvalue weighted by atomic mass is 10.4. The molecule has 2 aliphatic heterocycles. The van der Waals surface area contributed by atoms with Crippen LogP contribution in [0.5, 0.6) is 0 Å². The summed E-state index contributed by atoms with van der Waals surface area (Å²) in [5, 5.41) is 5.54. The maximum absolute atomic E-state index is 3.36. The number of hydrogen-bond donors (Lipinski definition) is 1. The zero-order valence-corrected chi connectivity index (χ0v) is 8.18. The molecular formula is C8H15N3S. The normalized spacial score (nSPS) is 31.4. The predicted octanol–water partition coefficient (Wildman–Crippen LogP) is 0.325. The SMILES string of the molecule is CN1C=CSC1N1CCNCC1. The molecule has 0 bridgehead atoms. The average Bonchev–Trinajstić information content (AvgIpc) is 2.53. The lowest BCUT2D eigenvalue weighted by Crippen LogP contribution is -2.50. The fraction of sp³-hybridized carbons (Fsp3) is 0.750. The van der Waals surface area contributed by atoms with E-state index in [4.69, 9.17) is 0 Å². The van der Waals surface area contributed by atoms with Crippen LogP contribution in [-0.2, 0) is 0 Å². The number of hydrogen-bond acceptors (Lipinski definition) is 4. The molecule has 1 fully saturated rings. The van der Waals surface area contributed by atoms with Crippen molar-refractivity contribution in [1.29, 1.82) is 0 Å². The Morgan fingerprint density at radius 1 is 1.42 bits per heavy atom. The third-order valence-electron chi connectivity index (χ3n) is 2.31. The van der Waals surface area contributed by atoms with Crippen molar-refractivity contribution < 1.29 is 0 Å². The van der Waals surface area contributed by atoms with E-state index in [0.717, 1.165) is 13.1 Å². The summed E-state index contributed by atoms with van der Waals surface area (Å²) in [6.07, 6.45) is 2.15. The highest BCUT2D eigenvalue weighted by atomic mass is 32.2. The van der Waals surface area contributed by atoms with Gasteiger partial charge < -0.3 is 10.2 Å². The van der Waals surface area contributed by atoms with Crippen LogP contribution in [-0.4, -0.2) is 48.5 Å². The summed E-state index contributed by atoms with van der Waals surface area (Å²) in [6, 6.07) is 0. The summed E-state index contributed by atoms with van der Waals surface area (Å²) in [6.45, 7) is 4.60. The maximum atomic E-state index is 3.36. The number of piperazine rings is 1. The Labute approximate surface area is 77.8 Å². The summed E-state index contributed by atoms with van der Waals surface area (Å²) in [5.74, 6) is 0. The first-order valence-corrected chi connectivity index (χ1v) is 5.31. The quantitative estimate of drug-likeness (QED) is 0.634. The van der Waals surface area contributed by atoms with Gasteiger partial charge in [-0.25, -0.2) is 0 Å². The number of thioether (sulfide) groups is 1. The van der Waals surface area contributed by atoms with Gasteiger partial charge in [-0.05, 0) is 5.41 Å². The molecule has 68 valence electrons. The van der Waals surface area contributed by atoms with Crippen LogP contribution in [0.4, 0.5) is 0 Å². The third kappa shape index (κ3) is 1.60. The standard InChI is InChI=1S/C8H15N3S/c1-10-6-7-12-8(10)11-4-2-9-3-5-11/h6-9H,2-5H2,1H3. The molecule has 3 nitrogen and oxygen atoms in total. The molecule has 1 atom stereocenters. The molecule has 0 aliphatic carbocycles. The van der Waals surface area contributed by atoms with Gasteiger partial charge in [0.25, 0.3) is 0 Å². The number of rotatable bonds is 1. The van der Waals surface area contributed by atoms with E-state index in [1.165, 1.54) is 13.1 Å². The van der Waals surface area contributed by atoms with Gasteiger partial charge in [0.1, 0.15) is 5.50 Å². The van der Waals surface area contributed by atoms with Crippen molar-refractivity contribution in [3.05, 3.63) is 11.6 Å². The van der Waals surface area contributed by atoms with Crippen LogP contribution < -0.4 is 5.32 Å². The Kier molecular flexibility index (Phi) is 2.58. The second-order valence-corrected chi connectivity index (χ2v) is 4.16. The minimum atomic E-state index is 0.548. The molecule has 0 saturated carbocycles. The Balaban J connectivity index is 1.90. The van der Waals surface area contributed by atoms with Crippen LogP contribution >= 0.6 is 11.8 Å². The van der Waals surface area contributed by atoms with Crippen LogP contribution in [0.3, 0.4) is 0 Å². The Morgan fingerprint density at radius 2 is 2.17 bits per heavy atom. The number of nitrogens with one attached hydrogen (secondary N) is 1. The van der Waals surface area contributed by atoms with Crippen LogP contribution in [0.2, 0.25) is 0 Å². The van der Waals surface area contributed by atoms with E-state index in [1.54, 1.807) is 0 Å². The van der Waals surface area contributed by atoms with Gasteiger partial charge in [0, 0.05) is 39.4 Å². The fourth-order valence-electron chi connectivity index (χ4n) is 1.62. The molecule has 0 aromatic rings. The van der Waals surface area contributed by atoms with Crippen molar-refractivity contribution in [1.82, 2.24) is 15.1 Å². The first-order chi connectivity index (χ1) is 5.88. The molecule has 1 saturated heterocycles. The maximum Gasteiger partial charge on any atom is 0.134 e. The molecule has 0 aromatic carbocycles. The van der Waals surface area contributed by atoms with Gasteiger partial charge in [0.2, 0.25) is 0 Å². The Morgan fingerprint density at radius 3 is 2.75 bits per heavy atom. The molecule has 0 aromatic heterocycles. The van der Waals surface area contributed by atoms with Crippen molar-refractivity contribution in [2.24, 2.45) is 0 Å². The molecule has 1 unspecified atom stereocenters. The predicted molar refractivity (Wildman–Crippen MR) is 52.7 cm³/mol. The van der Waals surface area contributed by atoms with E-state index in [-0.39, 0.29) is 0 Å². The van der Waals surface area contributed by atoms with E-state index in [9.17, 15) is 0 Å². The minimum absolute atomic E-state index is 0.548. The molecule has 0 spiro atoms. The minimum Gasteiger partial charge on any atom is -0.356 e. The fourth-order valence-corrected chi connectivity index (χ4v) is 2.67. The number of nitrogens with zero attached hydrogens (tertiary/aromatic N) is 2. The first kappa shape index (κ1) is 8.41. The summed E-state index contributed by atoms with van der Waals surface area (Å²) in [4.78, 5) is 4.79. The lowest BCUT2D eigenvalue weighted by Gasteiger charge is -2.35. The highest BCUT2D eigenvalue weighted by molar-refractivity contribution is 8.02. The summed E-state index contributed by atoms with van der Waals surface area (Å²) in [5.41, 5.74) is 0.548. The third-order valence-corrected chi connectivity index (χ3v) is 3.46. The molecule has 1 N–H and O–H groups in total. The van der Waals surface area contributed by atoms with Crippen LogP contribution in [0, 0.1) is 0 Å². The zero-order chi connectivity index (χ0) is 8.39. The van der Waals surface area contributed by atoms with Crippen LogP contribution in [0.15, 0.2) is 11.6 Å². The summed E-state index contributed by atoms with van der Waals surface area (Å²) >= 11 is 1.90. The molecule has 12 heavy (non-hydrogen) atoms. The lowest BCUT2D eigenvalue weighted by molar-refractivity contribution is 0.148. The van der Waals surface area contributed by atoms with Crippen molar-refractivity contribution in [3.8, 4) is 0 Å². The van der Waals surface area contributed by atoms with Crippen LogP contribution in [0.1, 0.15) is 0 Å². The van der Waals surface area contributed by atoms with Crippen molar-refractivity contribution in [2.75, 3.05) is 33.2 Å². The van der Waals surface area contributed by atoms with Gasteiger partial charge in [-0.1, -0.05) is 11.8 Å². The van der Waals surface area contributed by atoms with Crippen molar-refractivity contribution in [3.63, 3.8) is 0 Å². The summed E-state index contributed by atoms with van der Waals surface area (Å²) < 4.78 is 0. The molecule has 4 heteroatoms. The largest absolute Gasteiger partial charge is 0.356 e. The molecule has 2 aliphatic rings. The molecule has 0 radical (unpaired) electrons. The van der Waals surface area contributed by atoms with Gasteiger partial charge in [-0.2, -0.15) is 0 Å². The molecule has 2 rings (SSSR count). The van der Waals surface area contributed by atoms with E-state index in [2.05, 4.69) is 33.8 Å². The molecule has 2 heterocycles. The van der Waals surface area contributed by atoms with E-state index in [0.29, 0.717) is 5.50 Å². The molecule has 0 amide bonds. The smallest absolute Gasteiger partial charge is 0.134 e. The zero-order valence-electron chi connectivity index (χ0n) is 7.36. The van der Waals surface area contributed by atoms with Crippen molar-refractivity contribution in [2.45, 2.75) is 5.50 Å². The van der Waals surface area contributed by atoms with E-state index in [1.807, 2.05) is 11.8 Å². The van der Waals surface area contributed by atoms with Crippen molar-refractivity contribution >= 4 is 11.8 Å². The monoisotopic (exact) mass is 185 g/mol. The highest BCUT2D eigenvalue weighted by Crippen LogP contribution is 2.26. The van der Waals surface area contributed by atoms with E-state index < -0.39 is 0 Å². The van der Waals surface area contributed by atoms with E-state index >= 15 is 0 Å². The molecular weight excluding hydrogens is 170 g/mol. The Bertz CT molecular complexity index is 177. The Hall–Kier alpha value is -0.190. The topological polar surface area (TPSA) is 18.5 Å². The van der Waals surface area contributed by atoms with Gasteiger partial charge in [-0.3, -0.25) is 4.90 Å². The van der Waals surface area contributed by atoms with Gasteiger partial charge >= 0.3 is 0 Å². The first-order valence-electron chi connectivity index (χ1n) is 4.37. The summed E-state index contributed by atoms with van der Waals surface area (Å²) in [7, 11) is 2.14. The average molecular weight is 185 g/mol. The second-order valence-electron chi connectivity index (χ2n) is 3.20. The van der Waals surface area contributed by atoms with Gasteiger partial charge in [0.05, 0.1) is 0 Å². The second kappa shape index (κ2) is 3.68.